The van der Waals surface area contributed by atoms with Crippen LogP contribution in [-0.2, 0) is 49.7 Å². The highest BCUT2D eigenvalue weighted by atomic mass is 31.3. The van der Waals surface area contributed by atoms with Crippen LogP contribution in [0.15, 0.2) is 50.1 Å². The predicted molar refractivity (Wildman–Crippen MR) is 179 cm³/mol. The predicted octanol–water partition coefficient (Wildman–Crippen LogP) is -1.11. The van der Waals surface area contributed by atoms with Gasteiger partial charge in [-0.15, -0.1) is 0 Å². The SMILES string of the molecule is O=P(O)(OC[C@H]1O[C@@H](n2cnc3c2ncn2ccnc32)[C@H](O)[C@@H]1O)OP(=O)(O)OP(=O)(O)OP(=O)(O)OC[C@H]1O[C@@H](n2cnc3c2ncn2ccnc32)[C@H](O)[C@@H]1O. The molecule has 0 radical (unpaired) electrons. The average molecular weight is 884 g/mol. The number of phosphoric ester groups is 2. The number of imidazole rings is 4. The molecule has 0 aromatic carbocycles. The van der Waals surface area contributed by atoms with E-state index in [1.807, 2.05) is 0 Å². The minimum absolute atomic E-state index is 0.181. The maximum atomic E-state index is 12.5. The van der Waals surface area contributed by atoms with Gasteiger partial charge in [-0.1, -0.05) is 0 Å². The Hall–Kier alpha value is -3.50. The van der Waals surface area contributed by atoms with Crippen molar-refractivity contribution in [1.29, 1.82) is 0 Å². The van der Waals surface area contributed by atoms with Crippen LogP contribution in [0.2, 0.25) is 0 Å². The van der Waals surface area contributed by atoms with Crippen molar-refractivity contribution in [3.05, 3.63) is 50.1 Å². The molecular weight excluding hydrogens is 856 g/mol. The Balaban J connectivity index is 0.845. The summed E-state index contributed by atoms with van der Waals surface area (Å²) in [5, 5.41) is 42.3. The van der Waals surface area contributed by atoms with Crippen LogP contribution in [0.5, 0.6) is 0 Å². The van der Waals surface area contributed by atoms with Crippen molar-refractivity contribution < 1.29 is 89.7 Å². The number of aliphatic hydroxyl groups is 4. The fraction of sp³-hybridized carbons (Fsp3) is 0.417. The van der Waals surface area contributed by atoms with Crippen molar-refractivity contribution >= 4 is 64.9 Å². The van der Waals surface area contributed by atoms with Crippen LogP contribution in [0.1, 0.15) is 12.5 Å². The molecule has 4 unspecified atom stereocenters. The fourth-order valence-corrected chi connectivity index (χ4v) is 11.0. The van der Waals surface area contributed by atoms with Crippen LogP contribution in [-0.4, -0.2) is 138 Å². The van der Waals surface area contributed by atoms with Crippen molar-refractivity contribution in [3.63, 3.8) is 0 Å². The van der Waals surface area contributed by atoms with Gasteiger partial charge in [0.15, 0.2) is 46.1 Å². The molecule has 6 aromatic heterocycles. The Labute approximate surface area is 314 Å². The number of aromatic nitrogens is 10. The Morgan fingerprint density at radius 3 is 1.32 bits per heavy atom. The van der Waals surface area contributed by atoms with Crippen LogP contribution < -0.4 is 0 Å². The number of hydrogen-bond donors (Lipinski definition) is 8. The highest BCUT2D eigenvalue weighted by molar-refractivity contribution is 7.69. The fourth-order valence-electron chi connectivity index (χ4n) is 6.06. The topological polar surface area (TPSA) is 391 Å². The first-order valence-electron chi connectivity index (χ1n) is 15.9. The summed E-state index contributed by atoms with van der Waals surface area (Å²) in [6, 6.07) is 0. The lowest BCUT2D eigenvalue weighted by molar-refractivity contribution is -0.0505. The van der Waals surface area contributed by atoms with E-state index in [2.05, 4.69) is 51.9 Å². The number of rotatable bonds is 14. The van der Waals surface area contributed by atoms with Crippen molar-refractivity contribution in [2.24, 2.45) is 0 Å². The van der Waals surface area contributed by atoms with Gasteiger partial charge in [-0.05, 0) is 0 Å². The van der Waals surface area contributed by atoms with Gasteiger partial charge in [0.25, 0.3) is 0 Å². The minimum Gasteiger partial charge on any atom is -0.387 e. The third-order valence-corrected chi connectivity index (χ3v) is 14.5. The monoisotopic (exact) mass is 884 g/mol. The van der Waals surface area contributed by atoms with Crippen molar-refractivity contribution in [2.45, 2.75) is 49.1 Å². The van der Waals surface area contributed by atoms with Gasteiger partial charge >= 0.3 is 31.3 Å². The molecule has 0 aliphatic carbocycles. The Kier molecular flexibility index (Phi) is 10.4. The zero-order valence-corrected chi connectivity index (χ0v) is 31.6. The van der Waals surface area contributed by atoms with E-state index < -0.39 is 93.6 Å². The summed E-state index contributed by atoms with van der Waals surface area (Å²) in [7, 11) is -23.9. The van der Waals surface area contributed by atoms with Crippen LogP contribution in [0.25, 0.3) is 33.6 Å². The lowest BCUT2D eigenvalue weighted by Crippen LogP contribution is -2.33. The summed E-state index contributed by atoms with van der Waals surface area (Å²) >= 11 is 0. The molecule has 6 aromatic rings. The van der Waals surface area contributed by atoms with E-state index in [1.165, 1.54) is 46.8 Å². The van der Waals surface area contributed by atoms with E-state index in [0.717, 1.165) is 0 Å². The summed E-state index contributed by atoms with van der Waals surface area (Å²) in [4.78, 5) is 65.1. The summed E-state index contributed by atoms with van der Waals surface area (Å²) in [5.74, 6) is 0. The lowest BCUT2D eigenvalue weighted by atomic mass is 10.1. The number of fused-ring (bicyclic) bond motifs is 6. The van der Waals surface area contributed by atoms with Crippen LogP contribution in [0.4, 0.5) is 0 Å². The van der Waals surface area contributed by atoms with E-state index in [4.69, 9.17) is 9.47 Å². The normalized spacial score (nSPS) is 29.9. The number of ether oxygens (including phenoxy) is 2. The Morgan fingerprint density at radius 2 is 0.912 bits per heavy atom. The molecule has 0 saturated carbocycles. The van der Waals surface area contributed by atoms with E-state index in [1.54, 1.807) is 21.2 Å². The standard InChI is InChI=1S/C24H28N10O19P4/c35-15-11(49-23(17(15)37)33-9-27-13-19-25-1-3-31(19)7-29-21(13)33)5-47-54(39,40)51-56(43,44)53-57(45,46)52-55(41,42)48-6-12-16(36)18(38)24(50-12)34-10-28-14-20-26-2-4-32(20)8-30-22(14)34/h1-4,7-12,15-18,23-24,35-38H,5-6H2,(H,39,40)(H,41,42)(H,43,44)(H,45,46)/t11-,12-,15-,16-,17-,18-,23-,24-/m1/s1. The van der Waals surface area contributed by atoms with Gasteiger partial charge in [-0.3, -0.25) is 27.0 Å². The second-order valence-electron chi connectivity index (χ2n) is 12.3. The highest BCUT2D eigenvalue weighted by Crippen LogP contribution is 2.71. The van der Waals surface area contributed by atoms with Crippen LogP contribution >= 0.6 is 31.3 Å². The van der Waals surface area contributed by atoms with Gasteiger partial charge in [0.05, 0.1) is 25.9 Å². The number of hydrogen-bond acceptors (Lipinski definition) is 21. The zero-order chi connectivity index (χ0) is 40.7. The van der Waals surface area contributed by atoms with Crippen molar-refractivity contribution in [2.75, 3.05) is 13.2 Å². The molecule has 8 heterocycles. The Bertz CT molecular complexity index is 2490. The third kappa shape index (κ3) is 7.86. The van der Waals surface area contributed by atoms with E-state index in [0.29, 0.717) is 22.3 Å². The molecule has 2 aliphatic heterocycles. The lowest BCUT2D eigenvalue weighted by Gasteiger charge is -2.21. The number of nitrogens with zero attached hydrogens (tertiary/aromatic N) is 10. The number of phosphoric acid groups is 4. The smallest absolute Gasteiger partial charge is 0.387 e. The van der Waals surface area contributed by atoms with Gasteiger partial charge in [0.1, 0.15) is 49.3 Å². The summed E-state index contributed by atoms with van der Waals surface area (Å²) in [6.07, 6.45) is -1.39. The Morgan fingerprint density at radius 1 is 0.526 bits per heavy atom. The zero-order valence-electron chi connectivity index (χ0n) is 28.0. The molecule has 29 nitrogen and oxygen atoms in total. The average Bonchev–Trinajstić information content (AvgIpc) is 3.97. The molecule has 8 N–H and O–H groups in total. The van der Waals surface area contributed by atoms with Gasteiger partial charge in [-0.25, -0.2) is 48.2 Å². The van der Waals surface area contributed by atoms with Crippen molar-refractivity contribution in [3.8, 4) is 0 Å². The molecule has 8 rings (SSSR count). The van der Waals surface area contributed by atoms with Gasteiger partial charge in [-0.2, -0.15) is 12.9 Å². The van der Waals surface area contributed by atoms with E-state index >= 15 is 0 Å². The highest BCUT2D eigenvalue weighted by Gasteiger charge is 2.50. The maximum Gasteiger partial charge on any atom is 0.490 e. The van der Waals surface area contributed by atoms with Gasteiger partial charge in [0, 0.05) is 24.8 Å². The molecule has 57 heavy (non-hydrogen) atoms. The molecule has 2 saturated heterocycles. The number of aliphatic hydroxyl groups excluding tert-OH is 4. The summed E-state index contributed by atoms with van der Waals surface area (Å²) in [5.41, 5.74) is 1.80. The molecule has 0 bridgehead atoms. The first kappa shape index (κ1) is 40.3. The minimum atomic E-state index is -6.19. The molecule has 0 amide bonds. The van der Waals surface area contributed by atoms with Crippen LogP contribution in [0, 0.1) is 0 Å². The van der Waals surface area contributed by atoms with Crippen LogP contribution in [0.3, 0.4) is 0 Å². The van der Waals surface area contributed by atoms with Crippen molar-refractivity contribution in [1.82, 2.24) is 47.8 Å². The third-order valence-electron chi connectivity index (χ3n) is 8.55. The summed E-state index contributed by atoms with van der Waals surface area (Å²) in [6.45, 7) is -2.18. The molecule has 33 heteroatoms. The molecular formula is C24H28N10O19P4. The molecule has 308 valence electrons. The molecule has 12 atom stereocenters. The largest absolute Gasteiger partial charge is 0.490 e. The second-order valence-corrected chi connectivity index (χ2v) is 18.5. The molecule has 2 aliphatic rings. The van der Waals surface area contributed by atoms with E-state index in [9.17, 15) is 58.3 Å². The summed E-state index contributed by atoms with van der Waals surface area (Å²) < 4.78 is 87.6. The second kappa shape index (κ2) is 14.6. The van der Waals surface area contributed by atoms with Gasteiger partial charge in [0.2, 0.25) is 0 Å². The maximum absolute atomic E-state index is 12.5. The van der Waals surface area contributed by atoms with Gasteiger partial charge < -0.3 is 49.5 Å². The molecule has 2 fully saturated rings. The first-order valence-corrected chi connectivity index (χ1v) is 21.9. The molecule has 0 spiro atoms. The van der Waals surface area contributed by atoms with E-state index in [-0.39, 0.29) is 11.3 Å². The first-order chi connectivity index (χ1) is 26.8. The quantitative estimate of drug-likeness (QED) is 0.0601.